The molecule has 1 saturated carbocycles. The molecule has 0 aromatic heterocycles. The molecule has 2 atom stereocenters. The van der Waals surface area contributed by atoms with Crippen molar-refractivity contribution >= 4 is 11.9 Å². The molecule has 0 N–H and O–H groups in total. The van der Waals surface area contributed by atoms with Gasteiger partial charge in [0.1, 0.15) is 17.4 Å². The summed E-state index contributed by atoms with van der Waals surface area (Å²) in [6.07, 6.45) is 4.97. The minimum atomic E-state index is -0.451. The Labute approximate surface area is 137 Å². The van der Waals surface area contributed by atoms with Crippen LogP contribution in [0.4, 0.5) is 0 Å². The first-order chi connectivity index (χ1) is 11.0. The van der Waals surface area contributed by atoms with Crippen LogP contribution in [0.1, 0.15) is 49.4 Å². The lowest BCUT2D eigenvalue weighted by atomic mass is 10.1. The first-order valence-electron chi connectivity index (χ1n) is 8.12. The van der Waals surface area contributed by atoms with Crippen LogP contribution in [0.2, 0.25) is 0 Å². The van der Waals surface area contributed by atoms with E-state index in [0.29, 0.717) is 11.6 Å². The van der Waals surface area contributed by atoms with Gasteiger partial charge >= 0.3 is 11.9 Å². The molecule has 1 aromatic rings. The standard InChI is InChI=1S/C18H25NO4/c1-13(20)22-17-11-7-6-10-16(17)18(21)23-15-9-5-4-8-14(12-15)19(2)3/h6-7,10-11,14-15H,4-5,8-9,12H2,1-3H3. The van der Waals surface area contributed by atoms with Crippen molar-refractivity contribution in [1.29, 1.82) is 0 Å². The van der Waals surface area contributed by atoms with Crippen molar-refractivity contribution in [3.63, 3.8) is 0 Å². The van der Waals surface area contributed by atoms with Gasteiger partial charge in [-0.3, -0.25) is 4.79 Å². The summed E-state index contributed by atoms with van der Waals surface area (Å²) in [6.45, 7) is 1.31. The van der Waals surface area contributed by atoms with Gasteiger partial charge in [-0.05, 0) is 51.9 Å². The number of carbonyl (C=O) groups is 2. The van der Waals surface area contributed by atoms with Crippen LogP contribution in [0.3, 0.4) is 0 Å². The van der Waals surface area contributed by atoms with Gasteiger partial charge in [-0.2, -0.15) is 0 Å². The lowest BCUT2D eigenvalue weighted by Gasteiger charge is -2.26. The van der Waals surface area contributed by atoms with Gasteiger partial charge in [0.05, 0.1) is 0 Å². The Morgan fingerprint density at radius 2 is 1.83 bits per heavy atom. The van der Waals surface area contributed by atoms with Crippen molar-refractivity contribution < 1.29 is 19.1 Å². The van der Waals surface area contributed by atoms with E-state index in [-0.39, 0.29) is 11.9 Å². The number of benzene rings is 1. The number of para-hydroxylation sites is 1. The Morgan fingerprint density at radius 3 is 2.52 bits per heavy atom. The molecule has 5 nitrogen and oxygen atoms in total. The average molecular weight is 319 g/mol. The maximum atomic E-state index is 12.5. The number of ether oxygens (including phenoxy) is 2. The summed E-state index contributed by atoms with van der Waals surface area (Å²) in [5, 5.41) is 0. The summed E-state index contributed by atoms with van der Waals surface area (Å²) in [4.78, 5) is 25.8. The third-order valence-corrected chi connectivity index (χ3v) is 4.21. The van der Waals surface area contributed by atoms with Crippen molar-refractivity contribution in [3.05, 3.63) is 29.8 Å². The number of nitrogens with zero attached hydrogens (tertiary/aromatic N) is 1. The lowest BCUT2D eigenvalue weighted by molar-refractivity contribution is -0.131. The smallest absolute Gasteiger partial charge is 0.342 e. The number of rotatable bonds is 4. The Balaban J connectivity index is 2.07. The molecule has 2 rings (SSSR count). The van der Waals surface area contributed by atoms with E-state index in [9.17, 15) is 9.59 Å². The number of carbonyl (C=O) groups excluding carboxylic acids is 2. The summed E-state index contributed by atoms with van der Waals surface area (Å²) in [5.41, 5.74) is 0.299. The van der Waals surface area contributed by atoms with Gasteiger partial charge in [-0.25, -0.2) is 4.79 Å². The molecule has 0 amide bonds. The van der Waals surface area contributed by atoms with E-state index >= 15 is 0 Å². The van der Waals surface area contributed by atoms with Crippen LogP contribution >= 0.6 is 0 Å². The van der Waals surface area contributed by atoms with Gasteiger partial charge in [-0.15, -0.1) is 0 Å². The third-order valence-electron chi connectivity index (χ3n) is 4.21. The highest BCUT2D eigenvalue weighted by atomic mass is 16.6. The van der Waals surface area contributed by atoms with Crippen molar-refractivity contribution in [3.8, 4) is 5.75 Å². The van der Waals surface area contributed by atoms with E-state index in [2.05, 4.69) is 19.0 Å². The minimum Gasteiger partial charge on any atom is -0.459 e. The summed E-state index contributed by atoms with van der Waals surface area (Å²) >= 11 is 0. The molecule has 1 aromatic carbocycles. The highest BCUT2D eigenvalue weighted by molar-refractivity contribution is 5.93. The molecule has 126 valence electrons. The molecule has 0 saturated heterocycles. The number of hydrogen-bond donors (Lipinski definition) is 0. The quantitative estimate of drug-likeness (QED) is 0.485. The Hall–Kier alpha value is -1.88. The van der Waals surface area contributed by atoms with Crippen molar-refractivity contribution in [2.45, 2.75) is 51.2 Å². The van der Waals surface area contributed by atoms with Gasteiger partial charge in [-0.1, -0.05) is 18.6 Å². The molecular weight excluding hydrogens is 294 g/mol. The maximum absolute atomic E-state index is 12.5. The molecule has 5 heteroatoms. The summed E-state index contributed by atoms with van der Waals surface area (Å²) in [7, 11) is 4.12. The van der Waals surface area contributed by atoms with Crippen molar-refractivity contribution in [2.75, 3.05) is 14.1 Å². The van der Waals surface area contributed by atoms with Gasteiger partial charge in [0.25, 0.3) is 0 Å². The van der Waals surface area contributed by atoms with E-state index in [1.165, 1.54) is 6.92 Å². The van der Waals surface area contributed by atoms with Gasteiger partial charge < -0.3 is 14.4 Å². The third kappa shape index (κ3) is 5.06. The van der Waals surface area contributed by atoms with Crippen molar-refractivity contribution in [1.82, 2.24) is 4.90 Å². The van der Waals surface area contributed by atoms with Gasteiger partial charge in [0.15, 0.2) is 0 Å². The topological polar surface area (TPSA) is 55.8 Å². The van der Waals surface area contributed by atoms with E-state index in [1.54, 1.807) is 24.3 Å². The molecule has 0 bridgehead atoms. The Bertz CT molecular complexity index is 556. The van der Waals surface area contributed by atoms with Crippen LogP contribution in [-0.2, 0) is 9.53 Å². The molecule has 0 aliphatic heterocycles. The van der Waals surface area contributed by atoms with E-state index in [4.69, 9.17) is 9.47 Å². The largest absolute Gasteiger partial charge is 0.459 e. The van der Waals surface area contributed by atoms with Crippen LogP contribution < -0.4 is 4.74 Å². The predicted molar refractivity (Wildman–Crippen MR) is 87.5 cm³/mol. The summed E-state index contributed by atoms with van der Waals surface area (Å²) in [6, 6.07) is 7.12. The second-order valence-corrected chi connectivity index (χ2v) is 6.25. The fourth-order valence-corrected chi connectivity index (χ4v) is 2.96. The average Bonchev–Trinajstić information content (AvgIpc) is 2.73. The van der Waals surface area contributed by atoms with Crippen LogP contribution in [0.15, 0.2) is 24.3 Å². The first-order valence-corrected chi connectivity index (χ1v) is 8.12. The fraction of sp³-hybridized carbons (Fsp3) is 0.556. The van der Waals surface area contributed by atoms with Gasteiger partial charge in [0.2, 0.25) is 0 Å². The van der Waals surface area contributed by atoms with Crippen LogP contribution in [0.5, 0.6) is 5.75 Å². The molecular formula is C18H25NO4. The summed E-state index contributed by atoms with van der Waals surface area (Å²) in [5.74, 6) is -0.624. The zero-order valence-electron chi connectivity index (χ0n) is 14.1. The normalized spacial score (nSPS) is 21.6. The Kier molecular flexibility index (Phi) is 6.16. The molecule has 23 heavy (non-hydrogen) atoms. The molecule has 2 unspecified atom stereocenters. The van der Waals surface area contributed by atoms with E-state index in [1.807, 2.05) is 0 Å². The number of hydrogen-bond acceptors (Lipinski definition) is 5. The highest BCUT2D eigenvalue weighted by Gasteiger charge is 2.26. The molecule has 0 heterocycles. The molecule has 0 spiro atoms. The van der Waals surface area contributed by atoms with E-state index < -0.39 is 11.9 Å². The van der Waals surface area contributed by atoms with Gasteiger partial charge in [0, 0.05) is 13.0 Å². The Morgan fingerprint density at radius 1 is 1.13 bits per heavy atom. The monoisotopic (exact) mass is 319 g/mol. The van der Waals surface area contributed by atoms with Crippen molar-refractivity contribution in [2.24, 2.45) is 0 Å². The highest BCUT2D eigenvalue weighted by Crippen LogP contribution is 2.26. The predicted octanol–water partition coefficient (Wildman–Crippen LogP) is 3.03. The van der Waals surface area contributed by atoms with E-state index in [0.717, 1.165) is 32.1 Å². The minimum absolute atomic E-state index is 0.0946. The fourth-order valence-electron chi connectivity index (χ4n) is 2.96. The second-order valence-electron chi connectivity index (χ2n) is 6.25. The molecule has 1 fully saturated rings. The maximum Gasteiger partial charge on any atom is 0.342 e. The molecule has 1 aliphatic rings. The zero-order chi connectivity index (χ0) is 16.8. The van der Waals surface area contributed by atoms with Crippen LogP contribution in [0, 0.1) is 0 Å². The molecule has 1 aliphatic carbocycles. The SMILES string of the molecule is CC(=O)Oc1ccccc1C(=O)OC1CCCCC(N(C)C)C1. The number of esters is 2. The lowest BCUT2D eigenvalue weighted by Crippen LogP contribution is -2.32. The molecule has 0 radical (unpaired) electrons. The zero-order valence-corrected chi connectivity index (χ0v) is 14.1. The second kappa shape index (κ2) is 8.11. The summed E-state index contributed by atoms with van der Waals surface area (Å²) < 4.78 is 10.8. The van der Waals surface area contributed by atoms with Crippen LogP contribution in [0.25, 0.3) is 0 Å². The van der Waals surface area contributed by atoms with Crippen LogP contribution in [-0.4, -0.2) is 43.1 Å². The first kappa shape index (κ1) is 17.5.